The molecule has 2 rings (SSSR count). The van der Waals surface area contributed by atoms with Crippen molar-refractivity contribution in [2.45, 2.75) is 51.4 Å². The molecule has 0 saturated heterocycles. The summed E-state index contributed by atoms with van der Waals surface area (Å²) in [5.41, 5.74) is 2.39. The summed E-state index contributed by atoms with van der Waals surface area (Å²) in [4.78, 5) is 4.10. The lowest BCUT2D eigenvalue weighted by Gasteiger charge is -2.16. The van der Waals surface area contributed by atoms with Gasteiger partial charge in [-0.1, -0.05) is 12.8 Å². The van der Waals surface area contributed by atoms with Crippen LogP contribution in [0.5, 0.6) is 0 Å². The van der Waals surface area contributed by atoms with E-state index in [1.807, 2.05) is 12.3 Å². The molecule has 1 heterocycles. The molecule has 0 amide bonds. The van der Waals surface area contributed by atoms with E-state index in [4.69, 9.17) is 4.74 Å². The van der Waals surface area contributed by atoms with Crippen molar-refractivity contribution in [2.75, 3.05) is 13.2 Å². The predicted octanol–water partition coefficient (Wildman–Crippen LogP) is 1.80. The van der Waals surface area contributed by atoms with Crippen molar-refractivity contribution in [3.63, 3.8) is 0 Å². The monoisotopic (exact) mass is 264 g/mol. The van der Waals surface area contributed by atoms with Crippen LogP contribution < -0.4 is 5.32 Å². The van der Waals surface area contributed by atoms with Crippen LogP contribution in [0.2, 0.25) is 0 Å². The minimum absolute atomic E-state index is 0.371. The summed E-state index contributed by atoms with van der Waals surface area (Å²) in [5.74, 6) is 0. The maximum absolute atomic E-state index is 9.85. The zero-order chi connectivity index (χ0) is 13.5. The molecule has 4 heteroatoms. The Morgan fingerprint density at radius 2 is 2.26 bits per heavy atom. The van der Waals surface area contributed by atoms with Crippen LogP contribution in [0.3, 0.4) is 0 Å². The quantitative estimate of drug-likeness (QED) is 0.788. The summed E-state index contributed by atoms with van der Waals surface area (Å²) >= 11 is 0. The highest BCUT2D eigenvalue weighted by Gasteiger charge is 2.16. The molecule has 1 fully saturated rings. The van der Waals surface area contributed by atoms with E-state index in [-0.39, 0.29) is 0 Å². The molecule has 1 aliphatic carbocycles. The van der Waals surface area contributed by atoms with Gasteiger partial charge in [-0.15, -0.1) is 0 Å². The van der Waals surface area contributed by atoms with E-state index < -0.39 is 6.10 Å². The lowest BCUT2D eigenvalue weighted by molar-refractivity contribution is -0.00550. The molecular weight excluding hydrogens is 240 g/mol. The standard InChI is InChI=1S/C15H24N2O2/c1-12-6-7-16-8-13(12)9-17-10-14(18)11-19-15-4-2-3-5-15/h6-8,14-15,17-18H,2-5,9-11H2,1H3. The molecule has 19 heavy (non-hydrogen) atoms. The Morgan fingerprint density at radius 3 is 3.00 bits per heavy atom. The van der Waals surface area contributed by atoms with Crippen molar-refractivity contribution < 1.29 is 9.84 Å². The number of nitrogens with zero attached hydrogens (tertiary/aromatic N) is 1. The molecule has 1 atom stereocenters. The lowest BCUT2D eigenvalue weighted by atomic mass is 10.1. The van der Waals surface area contributed by atoms with Gasteiger partial charge >= 0.3 is 0 Å². The third-order valence-corrected chi connectivity index (χ3v) is 3.67. The third kappa shape index (κ3) is 4.90. The van der Waals surface area contributed by atoms with E-state index in [0.29, 0.717) is 19.3 Å². The minimum atomic E-state index is -0.433. The molecule has 0 aromatic carbocycles. The average molecular weight is 264 g/mol. The molecule has 0 spiro atoms. The first-order valence-corrected chi connectivity index (χ1v) is 7.15. The molecule has 106 valence electrons. The van der Waals surface area contributed by atoms with Gasteiger partial charge in [-0.2, -0.15) is 0 Å². The summed E-state index contributed by atoms with van der Waals surface area (Å²) in [5, 5.41) is 13.1. The van der Waals surface area contributed by atoms with Crippen molar-refractivity contribution in [1.82, 2.24) is 10.3 Å². The number of ether oxygens (including phenoxy) is 1. The van der Waals surface area contributed by atoms with Gasteiger partial charge in [0.25, 0.3) is 0 Å². The Labute approximate surface area is 115 Å². The summed E-state index contributed by atoms with van der Waals surface area (Å²) in [7, 11) is 0. The third-order valence-electron chi connectivity index (χ3n) is 3.67. The van der Waals surface area contributed by atoms with Crippen LogP contribution in [0, 0.1) is 6.92 Å². The maximum atomic E-state index is 9.85. The molecule has 1 aromatic heterocycles. The zero-order valence-electron chi connectivity index (χ0n) is 11.6. The summed E-state index contributed by atoms with van der Waals surface area (Å²) in [6, 6.07) is 2.00. The molecule has 1 unspecified atom stereocenters. The van der Waals surface area contributed by atoms with Crippen LogP contribution in [0.25, 0.3) is 0 Å². The highest BCUT2D eigenvalue weighted by atomic mass is 16.5. The largest absolute Gasteiger partial charge is 0.389 e. The SMILES string of the molecule is Cc1ccncc1CNCC(O)COC1CCCC1. The van der Waals surface area contributed by atoms with E-state index in [2.05, 4.69) is 17.2 Å². The van der Waals surface area contributed by atoms with E-state index in [1.165, 1.54) is 24.0 Å². The molecule has 0 aliphatic heterocycles. The number of nitrogens with one attached hydrogen (secondary N) is 1. The van der Waals surface area contributed by atoms with Crippen LogP contribution in [-0.2, 0) is 11.3 Å². The number of aryl methyl sites for hydroxylation is 1. The van der Waals surface area contributed by atoms with Gasteiger partial charge < -0.3 is 15.2 Å². The Hall–Kier alpha value is -0.970. The lowest BCUT2D eigenvalue weighted by Crippen LogP contribution is -2.31. The van der Waals surface area contributed by atoms with Gasteiger partial charge in [0, 0.05) is 25.5 Å². The normalized spacial score (nSPS) is 17.8. The smallest absolute Gasteiger partial charge is 0.0897 e. The number of pyridine rings is 1. The first kappa shape index (κ1) is 14.4. The van der Waals surface area contributed by atoms with Gasteiger partial charge in [-0.25, -0.2) is 0 Å². The van der Waals surface area contributed by atoms with Crippen molar-refractivity contribution in [3.05, 3.63) is 29.6 Å². The van der Waals surface area contributed by atoms with Crippen LogP contribution in [-0.4, -0.2) is 35.5 Å². The number of rotatable bonds is 7. The molecule has 2 N–H and O–H groups in total. The fourth-order valence-electron chi connectivity index (χ4n) is 2.42. The molecular formula is C15H24N2O2. The number of aliphatic hydroxyl groups excluding tert-OH is 1. The van der Waals surface area contributed by atoms with Crippen LogP contribution in [0.1, 0.15) is 36.8 Å². The maximum Gasteiger partial charge on any atom is 0.0897 e. The molecule has 0 radical (unpaired) electrons. The van der Waals surface area contributed by atoms with Crippen LogP contribution in [0.15, 0.2) is 18.5 Å². The summed E-state index contributed by atoms with van der Waals surface area (Å²) in [6.45, 7) is 3.79. The Morgan fingerprint density at radius 1 is 1.47 bits per heavy atom. The van der Waals surface area contributed by atoms with Crippen molar-refractivity contribution >= 4 is 0 Å². The van der Waals surface area contributed by atoms with Gasteiger partial charge in [0.1, 0.15) is 0 Å². The Kier molecular flexibility index (Phi) is 5.76. The Bertz CT molecular complexity index is 378. The number of aliphatic hydroxyl groups is 1. The van der Waals surface area contributed by atoms with Crippen molar-refractivity contribution in [3.8, 4) is 0 Å². The second-order valence-electron chi connectivity index (χ2n) is 5.33. The summed E-state index contributed by atoms with van der Waals surface area (Å²) < 4.78 is 5.69. The molecule has 1 aliphatic rings. The Balaban J connectivity index is 1.61. The van der Waals surface area contributed by atoms with Gasteiger partial charge in [0.2, 0.25) is 0 Å². The van der Waals surface area contributed by atoms with Gasteiger partial charge in [0.15, 0.2) is 0 Å². The minimum Gasteiger partial charge on any atom is -0.389 e. The predicted molar refractivity (Wildman–Crippen MR) is 74.9 cm³/mol. The van der Waals surface area contributed by atoms with E-state index >= 15 is 0 Å². The van der Waals surface area contributed by atoms with Gasteiger partial charge in [0.05, 0.1) is 18.8 Å². The van der Waals surface area contributed by atoms with Crippen LogP contribution >= 0.6 is 0 Å². The molecule has 0 bridgehead atoms. The second-order valence-corrected chi connectivity index (χ2v) is 5.33. The van der Waals surface area contributed by atoms with E-state index in [9.17, 15) is 5.11 Å². The van der Waals surface area contributed by atoms with Crippen molar-refractivity contribution in [1.29, 1.82) is 0 Å². The topological polar surface area (TPSA) is 54.4 Å². The van der Waals surface area contributed by atoms with Crippen molar-refractivity contribution in [2.24, 2.45) is 0 Å². The highest BCUT2D eigenvalue weighted by molar-refractivity contribution is 5.20. The highest BCUT2D eigenvalue weighted by Crippen LogP contribution is 2.20. The second kappa shape index (κ2) is 7.58. The average Bonchev–Trinajstić information content (AvgIpc) is 2.92. The zero-order valence-corrected chi connectivity index (χ0v) is 11.6. The first-order chi connectivity index (χ1) is 9.25. The fraction of sp³-hybridized carbons (Fsp3) is 0.667. The van der Waals surface area contributed by atoms with Gasteiger partial charge in [-0.3, -0.25) is 4.98 Å². The molecule has 1 aromatic rings. The first-order valence-electron chi connectivity index (χ1n) is 7.15. The number of hydrogen-bond donors (Lipinski definition) is 2. The molecule has 4 nitrogen and oxygen atoms in total. The molecule has 1 saturated carbocycles. The summed E-state index contributed by atoms with van der Waals surface area (Å²) in [6.07, 6.45) is 8.42. The number of hydrogen-bond acceptors (Lipinski definition) is 4. The van der Waals surface area contributed by atoms with Crippen LogP contribution in [0.4, 0.5) is 0 Å². The fourth-order valence-corrected chi connectivity index (χ4v) is 2.42. The van der Waals surface area contributed by atoms with E-state index in [0.717, 1.165) is 19.4 Å². The van der Waals surface area contributed by atoms with Gasteiger partial charge in [-0.05, 0) is 37.0 Å². The van der Waals surface area contributed by atoms with E-state index in [1.54, 1.807) is 6.20 Å². The number of aromatic nitrogens is 1.